The second kappa shape index (κ2) is 15.4. The second-order valence-corrected chi connectivity index (χ2v) is 8.80. The minimum Gasteiger partial charge on any atom is -0.248 e. The lowest BCUT2D eigenvalue weighted by atomic mass is 9.93. The van der Waals surface area contributed by atoms with Gasteiger partial charge in [-0.1, -0.05) is 106 Å². The van der Waals surface area contributed by atoms with Crippen molar-refractivity contribution in [2.45, 2.75) is 52.9 Å². The Kier molecular flexibility index (Phi) is 12.7. The summed E-state index contributed by atoms with van der Waals surface area (Å²) in [6.07, 6.45) is 9.26. The normalized spacial score (nSPS) is 10.6. The van der Waals surface area contributed by atoms with E-state index in [0.717, 1.165) is 35.9 Å². The Morgan fingerprint density at radius 3 is 2.34 bits per heavy atom. The van der Waals surface area contributed by atoms with Gasteiger partial charge in [0.2, 0.25) is 0 Å². The fourth-order valence-corrected chi connectivity index (χ4v) is 4.21. The molecule has 0 aliphatic heterocycles. The molecular weight excluding hydrogens is 466 g/mol. The van der Waals surface area contributed by atoms with Crippen molar-refractivity contribution in [3.05, 3.63) is 112 Å². The molecule has 0 spiro atoms. The zero-order valence-corrected chi connectivity index (χ0v) is 23.3. The van der Waals surface area contributed by atoms with Gasteiger partial charge in [-0.15, -0.1) is 0 Å². The van der Waals surface area contributed by atoms with Gasteiger partial charge in [0.1, 0.15) is 0 Å². The summed E-state index contributed by atoms with van der Waals surface area (Å²) in [6, 6.07) is 27.6. The van der Waals surface area contributed by atoms with Gasteiger partial charge in [-0.25, -0.2) is 4.98 Å². The second-order valence-electron chi connectivity index (χ2n) is 8.36. The Balaban J connectivity index is 0.00000103. The number of aryl methyl sites for hydroxylation is 2. The van der Waals surface area contributed by atoms with Crippen molar-refractivity contribution in [1.82, 2.24) is 4.98 Å². The van der Waals surface area contributed by atoms with Crippen LogP contribution in [0.25, 0.3) is 23.1 Å². The van der Waals surface area contributed by atoms with Crippen LogP contribution in [0.1, 0.15) is 68.0 Å². The molecule has 184 valence electrons. The molecule has 0 aliphatic rings. The highest BCUT2D eigenvalue weighted by atomic mass is 35.5. The highest BCUT2D eigenvalue weighted by molar-refractivity contribution is 7.79. The van der Waals surface area contributed by atoms with Gasteiger partial charge in [-0.2, -0.15) is 12.6 Å². The van der Waals surface area contributed by atoms with Crippen molar-refractivity contribution in [3.63, 3.8) is 0 Å². The van der Waals surface area contributed by atoms with Crippen molar-refractivity contribution in [2.24, 2.45) is 0 Å². The van der Waals surface area contributed by atoms with Crippen LogP contribution in [0.15, 0.2) is 78.9 Å². The molecule has 3 heteroatoms. The van der Waals surface area contributed by atoms with E-state index in [2.05, 4.69) is 93.2 Å². The number of aromatic nitrogens is 1. The van der Waals surface area contributed by atoms with E-state index < -0.39 is 0 Å². The predicted octanol–water partition coefficient (Wildman–Crippen LogP) is 9.93. The highest BCUT2D eigenvalue weighted by Crippen LogP contribution is 2.22. The van der Waals surface area contributed by atoms with Crippen molar-refractivity contribution in [3.8, 4) is 0 Å². The third kappa shape index (κ3) is 8.87. The fraction of sp³-hybridized carbons (Fsp3) is 0.281. The molecule has 0 aliphatic carbocycles. The summed E-state index contributed by atoms with van der Waals surface area (Å²) >= 11 is 9.64. The molecule has 0 saturated carbocycles. The molecule has 0 radical (unpaired) electrons. The molecule has 0 amide bonds. The van der Waals surface area contributed by atoms with E-state index in [4.69, 9.17) is 16.6 Å². The first-order valence-corrected chi connectivity index (χ1v) is 13.7. The number of thiol groups is 1. The lowest BCUT2D eigenvalue weighted by Crippen LogP contribution is -1.97. The molecule has 35 heavy (non-hydrogen) atoms. The number of halogens is 1. The van der Waals surface area contributed by atoms with Gasteiger partial charge < -0.3 is 0 Å². The van der Waals surface area contributed by atoms with E-state index in [1.54, 1.807) is 6.26 Å². The van der Waals surface area contributed by atoms with E-state index >= 15 is 0 Å². The van der Waals surface area contributed by atoms with Crippen LogP contribution in [0.2, 0.25) is 5.02 Å². The third-order valence-electron chi connectivity index (χ3n) is 5.66. The van der Waals surface area contributed by atoms with Crippen LogP contribution in [0, 0.1) is 0 Å². The maximum absolute atomic E-state index is 6.11. The molecule has 1 nitrogen and oxygen atoms in total. The molecule has 1 heterocycles. The maximum atomic E-state index is 6.11. The van der Waals surface area contributed by atoms with Gasteiger partial charge in [-0.3, -0.25) is 0 Å². The van der Waals surface area contributed by atoms with Crippen molar-refractivity contribution in [1.29, 1.82) is 0 Å². The number of rotatable bonds is 7. The van der Waals surface area contributed by atoms with Crippen LogP contribution >= 0.6 is 24.2 Å². The molecule has 3 aromatic carbocycles. The zero-order valence-electron chi connectivity index (χ0n) is 21.6. The first-order chi connectivity index (χ1) is 17.1. The van der Waals surface area contributed by atoms with Crippen LogP contribution in [0.4, 0.5) is 0 Å². The molecule has 4 rings (SSSR count). The molecule has 0 fully saturated rings. The first-order valence-electron chi connectivity index (χ1n) is 12.4. The summed E-state index contributed by atoms with van der Waals surface area (Å²) in [5.41, 5.74) is 7.39. The Hall–Kier alpha value is -2.55. The van der Waals surface area contributed by atoms with E-state index in [1.165, 1.54) is 22.3 Å². The van der Waals surface area contributed by atoms with Gasteiger partial charge in [-0.05, 0) is 78.0 Å². The van der Waals surface area contributed by atoms with Crippen LogP contribution < -0.4 is 0 Å². The largest absolute Gasteiger partial charge is 0.248 e. The first kappa shape index (κ1) is 28.7. The van der Waals surface area contributed by atoms with Crippen molar-refractivity contribution in [2.75, 3.05) is 6.26 Å². The molecule has 0 atom stereocenters. The van der Waals surface area contributed by atoms with Crippen molar-refractivity contribution < 1.29 is 0 Å². The van der Waals surface area contributed by atoms with Gasteiger partial charge in [0.15, 0.2) is 0 Å². The maximum Gasteiger partial charge on any atom is 0.0724 e. The van der Waals surface area contributed by atoms with E-state index in [9.17, 15) is 0 Å². The van der Waals surface area contributed by atoms with Crippen LogP contribution in [-0.2, 0) is 12.8 Å². The molecule has 4 aromatic rings. The van der Waals surface area contributed by atoms with Crippen LogP contribution in [-0.4, -0.2) is 11.2 Å². The summed E-state index contributed by atoms with van der Waals surface area (Å²) in [7, 11) is 0. The number of nitrogens with zero attached hydrogens (tertiary/aromatic N) is 1. The molecular formula is C32H38ClNS. The van der Waals surface area contributed by atoms with Crippen LogP contribution in [0.3, 0.4) is 0 Å². The number of hydrogen-bond donors (Lipinski definition) is 1. The Morgan fingerprint density at radius 2 is 1.57 bits per heavy atom. The smallest absolute Gasteiger partial charge is 0.0724 e. The minimum atomic E-state index is 0.574. The van der Waals surface area contributed by atoms with Gasteiger partial charge >= 0.3 is 0 Å². The van der Waals surface area contributed by atoms with E-state index in [0.29, 0.717) is 10.9 Å². The Bertz CT molecular complexity index is 1210. The molecule has 0 unspecified atom stereocenters. The Morgan fingerprint density at radius 1 is 0.829 bits per heavy atom. The van der Waals surface area contributed by atoms with Gasteiger partial charge in [0.25, 0.3) is 0 Å². The summed E-state index contributed by atoms with van der Waals surface area (Å²) in [5.74, 6) is 0.574. The number of pyridine rings is 1. The predicted molar refractivity (Wildman–Crippen MR) is 161 cm³/mol. The monoisotopic (exact) mass is 503 g/mol. The summed E-state index contributed by atoms with van der Waals surface area (Å²) < 4.78 is 0. The fourth-order valence-electron chi connectivity index (χ4n) is 4.04. The van der Waals surface area contributed by atoms with Crippen molar-refractivity contribution >= 4 is 47.3 Å². The average Bonchev–Trinajstić information content (AvgIpc) is 2.90. The van der Waals surface area contributed by atoms with Gasteiger partial charge in [0.05, 0.1) is 11.2 Å². The minimum absolute atomic E-state index is 0.574. The van der Waals surface area contributed by atoms with Gasteiger partial charge in [0, 0.05) is 10.4 Å². The topological polar surface area (TPSA) is 12.9 Å². The molecule has 0 saturated heterocycles. The van der Waals surface area contributed by atoms with E-state index in [1.807, 2.05) is 38.1 Å². The SMILES string of the molecule is CC.CC(C)c1ccccc1CCCc1cccc(/C=C/c2ccc3ccc(Cl)cc3n2)c1.CS. The molecule has 0 bridgehead atoms. The third-order valence-corrected chi connectivity index (χ3v) is 5.90. The quantitative estimate of drug-likeness (QED) is 0.247. The molecule has 1 aromatic heterocycles. The highest BCUT2D eigenvalue weighted by Gasteiger charge is 2.05. The lowest BCUT2D eigenvalue weighted by molar-refractivity contribution is 0.783. The summed E-state index contributed by atoms with van der Waals surface area (Å²) in [5, 5.41) is 1.81. The Labute approximate surface area is 222 Å². The number of fused-ring (bicyclic) bond motifs is 1. The lowest BCUT2D eigenvalue weighted by Gasteiger charge is -2.12. The molecule has 0 N–H and O–H groups in total. The average molecular weight is 504 g/mol. The standard InChI is InChI=1S/C29H28ClN.C2H6.CH4S/c1-21(2)28-12-4-3-10-24(28)11-6-9-22-7-5-8-23(19-22)13-17-27-18-15-25-14-16-26(30)20-29(25)31-27;2*1-2/h3-5,7-8,10,12-21H,6,9,11H2,1-2H3;1-2H3;2H,1H3/b17-13+;;. The number of benzene rings is 3. The zero-order chi connectivity index (χ0) is 25.6. The van der Waals surface area contributed by atoms with E-state index in [-0.39, 0.29) is 0 Å². The number of hydrogen-bond acceptors (Lipinski definition) is 2. The van der Waals surface area contributed by atoms with Crippen LogP contribution in [0.5, 0.6) is 0 Å². The summed E-state index contributed by atoms with van der Waals surface area (Å²) in [6.45, 7) is 8.54. The summed E-state index contributed by atoms with van der Waals surface area (Å²) in [4.78, 5) is 4.71.